The van der Waals surface area contributed by atoms with Gasteiger partial charge in [0, 0.05) is 22.0 Å². The second-order valence-electron chi connectivity index (χ2n) is 4.68. The fourth-order valence-electron chi connectivity index (χ4n) is 2.21. The van der Waals surface area contributed by atoms with Crippen molar-refractivity contribution < 1.29 is 13.2 Å². The van der Waals surface area contributed by atoms with Gasteiger partial charge in [0.1, 0.15) is 0 Å². The first-order valence-electron chi connectivity index (χ1n) is 6.07. The summed E-state index contributed by atoms with van der Waals surface area (Å²) in [6, 6.07) is 4.98. The Labute approximate surface area is 134 Å². The van der Waals surface area contributed by atoms with Crippen LogP contribution in [0, 0.1) is 5.92 Å². The first-order valence-corrected chi connectivity index (χ1v) is 9.09. The fourth-order valence-corrected chi connectivity index (χ4v) is 5.19. The van der Waals surface area contributed by atoms with Crippen molar-refractivity contribution >= 4 is 47.8 Å². The van der Waals surface area contributed by atoms with Gasteiger partial charge < -0.3 is 5.73 Å². The van der Waals surface area contributed by atoms with Crippen molar-refractivity contribution in [2.75, 3.05) is 13.1 Å². The zero-order valence-corrected chi connectivity index (χ0v) is 14.5. The van der Waals surface area contributed by atoms with Gasteiger partial charge in [-0.2, -0.15) is 4.31 Å². The smallest absolute Gasteiger partial charge is 0.244 e. The van der Waals surface area contributed by atoms with Crippen LogP contribution in [0.15, 0.2) is 32.0 Å². The van der Waals surface area contributed by atoms with Crippen molar-refractivity contribution in [3.05, 3.63) is 27.1 Å². The zero-order chi connectivity index (χ0) is 14.9. The highest BCUT2D eigenvalue weighted by Gasteiger charge is 2.33. The minimum atomic E-state index is -3.63. The van der Waals surface area contributed by atoms with E-state index in [1.807, 2.05) is 0 Å². The first-order chi connectivity index (χ1) is 9.32. The van der Waals surface area contributed by atoms with E-state index in [9.17, 15) is 13.2 Å². The van der Waals surface area contributed by atoms with E-state index >= 15 is 0 Å². The zero-order valence-electron chi connectivity index (χ0n) is 10.6. The quantitative estimate of drug-likeness (QED) is 0.804. The van der Waals surface area contributed by atoms with Gasteiger partial charge in [0.2, 0.25) is 15.9 Å². The number of primary amides is 1. The van der Waals surface area contributed by atoms with Gasteiger partial charge in [0.25, 0.3) is 0 Å². The summed E-state index contributed by atoms with van der Waals surface area (Å²) in [5.41, 5.74) is 5.29. The van der Waals surface area contributed by atoms with Crippen LogP contribution >= 0.6 is 31.9 Å². The number of rotatable bonds is 3. The predicted octanol–water partition coefficient (Wildman–Crippen LogP) is 2.10. The largest absolute Gasteiger partial charge is 0.369 e. The van der Waals surface area contributed by atoms with Crippen LogP contribution < -0.4 is 5.73 Å². The van der Waals surface area contributed by atoms with Crippen LogP contribution in [-0.2, 0) is 14.8 Å². The molecular weight excluding hydrogens is 412 g/mol. The molecule has 1 heterocycles. The van der Waals surface area contributed by atoms with Gasteiger partial charge >= 0.3 is 0 Å². The Kier molecular flexibility index (Phi) is 4.88. The Balaban J connectivity index is 2.35. The van der Waals surface area contributed by atoms with Crippen molar-refractivity contribution in [3.63, 3.8) is 0 Å². The van der Waals surface area contributed by atoms with Crippen molar-refractivity contribution in [1.29, 1.82) is 0 Å². The third kappa shape index (κ3) is 3.24. The van der Waals surface area contributed by atoms with Crippen LogP contribution in [0.2, 0.25) is 0 Å². The van der Waals surface area contributed by atoms with Crippen molar-refractivity contribution in [2.24, 2.45) is 11.7 Å². The monoisotopic (exact) mass is 424 g/mol. The number of carbonyl (C=O) groups excluding carboxylic acids is 1. The van der Waals surface area contributed by atoms with E-state index in [4.69, 9.17) is 5.73 Å². The maximum atomic E-state index is 12.7. The second kappa shape index (κ2) is 6.13. The number of hydrogen-bond donors (Lipinski definition) is 1. The molecule has 0 aromatic heterocycles. The molecule has 1 unspecified atom stereocenters. The van der Waals surface area contributed by atoms with Crippen LogP contribution in [-0.4, -0.2) is 31.7 Å². The van der Waals surface area contributed by atoms with Gasteiger partial charge in [0.15, 0.2) is 0 Å². The molecule has 20 heavy (non-hydrogen) atoms. The van der Waals surface area contributed by atoms with Gasteiger partial charge in [-0.05, 0) is 47.0 Å². The molecule has 1 saturated heterocycles. The summed E-state index contributed by atoms with van der Waals surface area (Å²) in [6.45, 7) is 0.557. The molecule has 1 aliphatic heterocycles. The van der Waals surface area contributed by atoms with Crippen molar-refractivity contribution in [1.82, 2.24) is 4.31 Å². The summed E-state index contributed by atoms with van der Waals surface area (Å²) in [4.78, 5) is 11.5. The number of nitrogens with two attached hydrogens (primary N) is 1. The molecule has 5 nitrogen and oxygen atoms in total. The predicted molar refractivity (Wildman–Crippen MR) is 82.5 cm³/mol. The lowest BCUT2D eigenvalue weighted by Gasteiger charge is -2.30. The number of carbonyl (C=O) groups is 1. The third-order valence-corrected chi connectivity index (χ3v) is 6.65. The molecule has 1 fully saturated rings. The number of amides is 1. The molecule has 0 saturated carbocycles. The molecule has 0 radical (unpaired) electrons. The Morgan fingerprint density at radius 2 is 2.05 bits per heavy atom. The number of benzene rings is 1. The van der Waals surface area contributed by atoms with E-state index in [0.717, 1.165) is 0 Å². The Morgan fingerprint density at radius 3 is 2.70 bits per heavy atom. The van der Waals surface area contributed by atoms with Crippen LogP contribution in [0.4, 0.5) is 0 Å². The average molecular weight is 426 g/mol. The van der Waals surface area contributed by atoms with E-state index in [1.54, 1.807) is 18.2 Å². The van der Waals surface area contributed by atoms with Gasteiger partial charge in [-0.15, -0.1) is 0 Å². The topological polar surface area (TPSA) is 80.5 Å². The summed E-state index contributed by atoms with van der Waals surface area (Å²) in [5, 5.41) is 0. The Bertz CT molecular complexity index is 634. The molecule has 1 aromatic rings. The normalized spacial score (nSPS) is 20.8. The summed E-state index contributed by atoms with van der Waals surface area (Å²) in [7, 11) is -3.63. The summed E-state index contributed by atoms with van der Waals surface area (Å²) >= 11 is 6.53. The molecule has 0 bridgehead atoms. The number of sulfonamides is 1. The van der Waals surface area contributed by atoms with Crippen LogP contribution in [0.25, 0.3) is 0 Å². The SMILES string of the molecule is NC(=O)C1CCCN(S(=O)(=O)c2cc(Br)ccc2Br)C1. The number of piperidine rings is 1. The average Bonchev–Trinajstić information content (AvgIpc) is 2.41. The second-order valence-corrected chi connectivity index (χ2v) is 8.36. The van der Waals surface area contributed by atoms with Gasteiger partial charge in [-0.3, -0.25) is 4.79 Å². The highest BCUT2D eigenvalue weighted by atomic mass is 79.9. The molecular formula is C12H14Br2N2O3S. The molecule has 0 aliphatic carbocycles. The summed E-state index contributed by atoms with van der Waals surface area (Å²) in [6.07, 6.45) is 1.28. The summed E-state index contributed by atoms with van der Waals surface area (Å²) in [5.74, 6) is -0.859. The molecule has 2 N–H and O–H groups in total. The minimum absolute atomic E-state index is 0.149. The molecule has 0 spiro atoms. The Morgan fingerprint density at radius 1 is 1.35 bits per heavy atom. The van der Waals surface area contributed by atoms with Crippen LogP contribution in [0.5, 0.6) is 0 Å². The lowest BCUT2D eigenvalue weighted by molar-refractivity contribution is -0.122. The lowest BCUT2D eigenvalue weighted by Crippen LogP contribution is -2.44. The molecule has 1 atom stereocenters. The molecule has 1 amide bonds. The van der Waals surface area contributed by atoms with Crippen molar-refractivity contribution in [2.45, 2.75) is 17.7 Å². The van der Waals surface area contributed by atoms with E-state index in [1.165, 1.54) is 4.31 Å². The highest BCUT2D eigenvalue weighted by Crippen LogP contribution is 2.30. The molecule has 8 heteroatoms. The molecule has 1 aromatic carbocycles. The maximum Gasteiger partial charge on any atom is 0.244 e. The number of hydrogen-bond acceptors (Lipinski definition) is 3. The number of halogens is 2. The van der Waals surface area contributed by atoms with E-state index in [-0.39, 0.29) is 11.4 Å². The van der Waals surface area contributed by atoms with Crippen LogP contribution in [0.3, 0.4) is 0 Å². The van der Waals surface area contributed by atoms with Crippen molar-refractivity contribution in [3.8, 4) is 0 Å². The summed E-state index contributed by atoms with van der Waals surface area (Å²) < 4.78 is 27.8. The third-order valence-electron chi connectivity index (χ3n) is 3.30. The molecule has 1 aliphatic rings. The standard InChI is InChI=1S/C12H14Br2N2O3S/c13-9-3-4-10(14)11(6-9)20(18,19)16-5-1-2-8(7-16)12(15)17/h3-4,6,8H,1-2,5,7H2,(H2,15,17). The van der Waals surface area contributed by atoms with Gasteiger partial charge in [-0.1, -0.05) is 15.9 Å². The van der Waals surface area contributed by atoms with Crippen LogP contribution in [0.1, 0.15) is 12.8 Å². The van der Waals surface area contributed by atoms with Gasteiger partial charge in [0.05, 0.1) is 10.8 Å². The maximum absolute atomic E-state index is 12.7. The first kappa shape index (κ1) is 15.9. The van der Waals surface area contributed by atoms with Gasteiger partial charge in [-0.25, -0.2) is 8.42 Å². The molecule has 110 valence electrons. The Hall–Kier alpha value is -0.440. The van der Waals surface area contributed by atoms with E-state index < -0.39 is 21.8 Å². The lowest BCUT2D eigenvalue weighted by atomic mass is 9.99. The van der Waals surface area contributed by atoms with E-state index in [0.29, 0.717) is 28.3 Å². The fraction of sp³-hybridized carbons (Fsp3) is 0.417. The highest BCUT2D eigenvalue weighted by molar-refractivity contribution is 9.11. The van der Waals surface area contributed by atoms with E-state index in [2.05, 4.69) is 31.9 Å². The number of nitrogens with zero attached hydrogens (tertiary/aromatic N) is 1. The minimum Gasteiger partial charge on any atom is -0.369 e. The molecule has 2 rings (SSSR count).